The van der Waals surface area contributed by atoms with Gasteiger partial charge in [-0.05, 0) is 24.6 Å². The van der Waals surface area contributed by atoms with Crippen LogP contribution in [0.2, 0.25) is 0 Å². The molecule has 0 aliphatic heterocycles. The van der Waals surface area contributed by atoms with Crippen LogP contribution in [0.15, 0.2) is 46.4 Å². The van der Waals surface area contributed by atoms with Crippen molar-refractivity contribution >= 4 is 34.1 Å². The number of nitro groups is 1. The van der Waals surface area contributed by atoms with E-state index in [0.717, 1.165) is 24.3 Å². The third-order valence-electron chi connectivity index (χ3n) is 4.83. The summed E-state index contributed by atoms with van der Waals surface area (Å²) in [5.41, 5.74) is 0.0223. The van der Waals surface area contributed by atoms with E-state index in [1.807, 2.05) is 6.07 Å². The van der Waals surface area contributed by atoms with Crippen LogP contribution >= 0.6 is 11.3 Å². The van der Waals surface area contributed by atoms with Crippen LogP contribution in [0.5, 0.6) is 0 Å². The van der Waals surface area contributed by atoms with Gasteiger partial charge in [0.05, 0.1) is 10.5 Å². The molecule has 0 saturated heterocycles. The third-order valence-corrected chi connectivity index (χ3v) is 5.72. The Morgan fingerprint density at radius 2 is 2.00 bits per heavy atom. The normalized spacial score (nSPS) is 11.2. The fourth-order valence-corrected chi connectivity index (χ4v) is 3.93. The van der Waals surface area contributed by atoms with E-state index in [0.29, 0.717) is 10.7 Å². The molecule has 0 atom stereocenters. The van der Waals surface area contributed by atoms with Gasteiger partial charge in [0.15, 0.2) is 0 Å². The zero-order chi connectivity index (χ0) is 23.6. The van der Waals surface area contributed by atoms with Gasteiger partial charge in [0, 0.05) is 18.6 Å². The number of unbranched alkanes of at least 4 members (excludes halogenated alkanes) is 4. The van der Waals surface area contributed by atoms with E-state index in [1.165, 1.54) is 48.8 Å². The number of aryl methyl sites for hydroxylation is 1. The van der Waals surface area contributed by atoms with E-state index in [2.05, 4.69) is 22.4 Å². The minimum Gasteiger partial charge on any atom is -0.456 e. The van der Waals surface area contributed by atoms with Gasteiger partial charge in [0.25, 0.3) is 11.6 Å². The average molecular weight is 466 g/mol. The minimum atomic E-state index is -0.633. The minimum absolute atomic E-state index is 0.0990. The molecule has 1 aromatic carbocycles. The van der Waals surface area contributed by atoms with Crippen molar-refractivity contribution in [1.29, 1.82) is 5.26 Å². The first-order valence-electron chi connectivity index (χ1n) is 10.6. The Hall–Kier alpha value is -3.84. The third kappa shape index (κ3) is 6.57. The van der Waals surface area contributed by atoms with Crippen LogP contribution in [0.25, 0.3) is 17.4 Å². The molecule has 10 heteroatoms. The van der Waals surface area contributed by atoms with Crippen molar-refractivity contribution in [3.05, 3.63) is 62.9 Å². The maximum atomic E-state index is 12.5. The molecule has 0 radical (unpaired) electrons. The summed E-state index contributed by atoms with van der Waals surface area (Å²) in [6.07, 6.45) is 7.85. The van der Waals surface area contributed by atoms with Crippen LogP contribution in [-0.2, 0) is 11.2 Å². The van der Waals surface area contributed by atoms with Gasteiger partial charge in [-0.2, -0.15) is 5.26 Å². The first-order valence-corrected chi connectivity index (χ1v) is 11.4. The van der Waals surface area contributed by atoms with Crippen molar-refractivity contribution in [3.63, 3.8) is 0 Å². The highest BCUT2D eigenvalue weighted by molar-refractivity contribution is 7.15. The van der Waals surface area contributed by atoms with E-state index in [4.69, 9.17) is 4.42 Å². The van der Waals surface area contributed by atoms with Gasteiger partial charge in [0.2, 0.25) is 5.13 Å². The molecule has 170 valence electrons. The van der Waals surface area contributed by atoms with E-state index in [9.17, 15) is 20.2 Å². The fourth-order valence-electron chi connectivity index (χ4n) is 3.16. The summed E-state index contributed by atoms with van der Waals surface area (Å²) in [6.45, 7) is 2.17. The number of amides is 1. The lowest BCUT2D eigenvalue weighted by Gasteiger charge is -2.00. The van der Waals surface area contributed by atoms with Crippen molar-refractivity contribution in [3.8, 4) is 17.4 Å². The molecule has 3 rings (SSSR count). The topological polar surface area (TPSA) is 135 Å². The molecule has 1 amide bonds. The molecule has 9 nitrogen and oxygen atoms in total. The summed E-state index contributed by atoms with van der Waals surface area (Å²) in [4.78, 5) is 23.3. The first-order chi connectivity index (χ1) is 16.0. The van der Waals surface area contributed by atoms with Gasteiger partial charge in [-0.1, -0.05) is 56.1 Å². The standard InChI is InChI=1S/C23H23N5O4S/c1-2-3-4-5-6-11-21-26-27-23(33-21)25-22(29)16(15-24)14-17-12-13-20(32-17)18-9-7-8-10-19(18)28(30)31/h7-10,12-14H,2-6,11H2,1H3,(H,25,27,29). The lowest BCUT2D eigenvalue weighted by molar-refractivity contribution is -0.384. The van der Waals surface area contributed by atoms with Crippen LogP contribution in [0.4, 0.5) is 10.8 Å². The molecular formula is C23H23N5O4S. The molecule has 0 aliphatic carbocycles. The van der Waals surface area contributed by atoms with Crippen LogP contribution in [-0.4, -0.2) is 21.0 Å². The lowest BCUT2D eigenvalue weighted by atomic mass is 10.1. The Morgan fingerprint density at radius 3 is 2.76 bits per heavy atom. The molecule has 3 aromatic rings. The van der Waals surface area contributed by atoms with Gasteiger partial charge in [0.1, 0.15) is 28.2 Å². The summed E-state index contributed by atoms with van der Waals surface area (Å²) in [7, 11) is 0. The van der Waals surface area contributed by atoms with Gasteiger partial charge < -0.3 is 4.42 Å². The van der Waals surface area contributed by atoms with Gasteiger partial charge >= 0.3 is 0 Å². The number of para-hydroxylation sites is 1. The second-order valence-corrected chi connectivity index (χ2v) is 8.33. The van der Waals surface area contributed by atoms with Crippen molar-refractivity contribution in [1.82, 2.24) is 10.2 Å². The SMILES string of the molecule is CCCCCCCc1nnc(NC(=O)C(C#N)=Cc2ccc(-c3ccccc3[N+](=O)[O-])o2)s1. The molecule has 2 aromatic heterocycles. The molecule has 0 aliphatic rings. The van der Waals surface area contributed by atoms with Crippen LogP contribution < -0.4 is 5.32 Å². The highest BCUT2D eigenvalue weighted by Gasteiger charge is 2.18. The Morgan fingerprint density at radius 1 is 1.21 bits per heavy atom. The fraction of sp³-hybridized carbons (Fsp3) is 0.304. The maximum Gasteiger partial charge on any atom is 0.280 e. The number of nitriles is 1. The van der Waals surface area contributed by atoms with Crippen LogP contribution in [0, 0.1) is 21.4 Å². The summed E-state index contributed by atoms with van der Waals surface area (Å²) in [5, 5.41) is 32.5. The van der Waals surface area contributed by atoms with Crippen LogP contribution in [0.1, 0.15) is 49.8 Å². The van der Waals surface area contributed by atoms with Crippen molar-refractivity contribution in [2.45, 2.75) is 45.4 Å². The molecule has 0 unspecified atom stereocenters. The number of nitrogens with zero attached hydrogens (tertiary/aromatic N) is 4. The number of nitrogens with one attached hydrogen (secondary N) is 1. The zero-order valence-electron chi connectivity index (χ0n) is 18.1. The van der Waals surface area contributed by atoms with Gasteiger partial charge in [-0.15, -0.1) is 10.2 Å². The number of furan rings is 1. The van der Waals surface area contributed by atoms with Crippen molar-refractivity contribution in [2.75, 3.05) is 5.32 Å². The number of carbonyl (C=O) groups is 1. The van der Waals surface area contributed by atoms with E-state index < -0.39 is 10.8 Å². The van der Waals surface area contributed by atoms with Crippen LogP contribution in [0.3, 0.4) is 0 Å². The van der Waals surface area contributed by atoms with Crippen molar-refractivity contribution < 1.29 is 14.1 Å². The average Bonchev–Trinajstić information content (AvgIpc) is 3.46. The number of rotatable bonds is 11. The van der Waals surface area contributed by atoms with Gasteiger partial charge in [-0.3, -0.25) is 20.2 Å². The Labute approximate surface area is 194 Å². The summed E-state index contributed by atoms with van der Waals surface area (Å²) >= 11 is 1.29. The number of carbonyl (C=O) groups excluding carboxylic acids is 1. The summed E-state index contributed by atoms with van der Waals surface area (Å²) < 4.78 is 5.63. The molecule has 0 spiro atoms. The smallest absolute Gasteiger partial charge is 0.280 e. The van der Waals surface area contributed by atoms with E-state index >= 15 is 0 Å². The molecule has 0 bridgehead atoms. The zero-order valence-corrected chi connectivity index (χ0v) is 18.9. The maximum absolute atomic E-state index is 12.5. The largest absolute Gasteiger partial charge is 0.456 e. The van der Waals surface area contributed by atoms with Gasteiger partial charge in [-0.25, -0.2) is 0 Å². The number of hydrogen-bond donors (Lipinski definition) is 1. The van der Waals surface area contributed by atoms with Crippen molar-refractivity contribution in [2.24, 2.45) is 0 Å². The molecule has 0 saturated carbocycles. The Kier molecular flexibility index (Phi) is 8.43. The Bertz CT molecular complexity index is 1190. The quantitative estimate of drug-likeness (QED) is 0.125. The number of nitro benzene ring substituents is 1. The first kappa shape index (κ1) is 23.8. The molecule has 1 N–H and O–H groups in total. The number of aromatic nitrogens is 2. The Balaban J connectivity index is 1.66. The molecular weight excluding hydrogens is 442 g/mol. The summed E-state index contributed by atoms with van der Waals surface area (Å²) in [5.74, 6) is -0.148. The number of anilines is 1. The molecule has 33 heavy (non-hydrogen) atoms. The number of hydrogen-bond acceptors (Lipinski definition) is 8. The lowest BCUT2D eigenvalue weighted by Crippen LogP contribution is -2.13. The second-order valence-electron chi connectivity index (χ2n) is 7.27. The molecule has 0 fully saturated rings. The predicted molar refractivity (Wildman–Crippen MR) is 125 cm³/mol. The highest BCUT2D eigenvalue weighted by Crippen LogP contribution is 2.31. The number of benzene rings is 1. The highest BCUT2D eigenvalue weighted by atomic mass is 32.1. The van der Waals surface area contributed by atoms with E-state index in [1.54, 1.807) is 24.3 Å². The predicted octanol–water partition coefficient (Wildman–Crippen LogP) is 5.76. The van der Waals surface area contributed by atoms with E-state index in [-0.39, 0.29) is 22.8 Å². The second kappa shape index (κ2) is 11.7. The monoisotopic (exact) mass is 465 g/mol. The summed E-state index contributed by atoms with van der Waals surface area (Å²) in [6, 6.07) is 11.1. The molecule has 2 heterocycles.